The van der Waals surface area contributed by atoms with E-state index in [1.54, 1.807) is 0 Å². The Hall–Kier alpha value is -0.450. The third kappa shape index (κ3) is 21.6. The second-order valence-corrected chi connectivity index (χ2v) is 4.80. The van der Waals surface area contributed by atoms with Gasteiger partial charge >= 0.3 is 0 Å². The first-order valence-corrected chi connectivity index (χ1v) is 8.07. The number of carbonyl (C=O) groups excluding carboxylic acids is 1. The minimum atomic E-state index is -1.20. The highest BCUT2D eigenvalue weighted by atomic mass is 32.1. The van der Waals surface area contributed by atoms with Gasteiger partial charge in [-0.25, -0.2) is 4.39 Å². The highest BCUT2D eigenvalue weighted by Gasteiger charge is 2.06. The van der Waals surface area contributed by atoms with Gasteiger partial charge in [-0.3, -0.25) is 4.79 Å². The van der Waals surface area contributed by atoms with Crippen molar-refractivity contribution in [3.05, 3.63) is 0 Å². The van der Waals surface area contributed by atoms with Crippen molar-refractivity contribution in [3.63, 3.8) is 0 Å². The van der Waals surface area contributed by atoms with Crippen molar-refractivity contribution in [2.75, 3.05) is 72.5 Å². The van der Waals surface area contributed by atoms with Crippen LogP contribution >= 0.6 is 13.5 Å². The lowest BCUT2D eigenvalue weighted by Gasteiger charge is -2.10. The molecule has 24 heavy (non-hydrogen) atoms. The average Bonchev–Trinajstić information content (AvgIpc) is 2.53. The number of nitrogens with one attached hydrogen (secondary N) is 2. The lowest BCUT2D eigenvalue weighted by molar-refractivity contribution is -0.119. The van der Waals surface area contributed by atoms with Crippen LogP contribution in [0.3, 0.4) is 0 Å². The Balaban J connectivity index is -0.000000807. The molecule has 0 saturated carbocycles. The van der Waals surface area contributed by atoms with Crippen LogP contribution in [0, 0.1) is 0 Å². The number of amides is 1. The largest absolute Gasteiger partial charge is 0.378 e. The molecule has 7 nitrogen and oxygen atoms in total. The van der Waals surface area contributed by atoms with Gasteiger partial charge in [0.05, 0.1) is 59.4 Å². The molecule has 0 aliphatic carbocycles. The topological polar surface area (TPSA) is 78.1 Å². The normalized spacial score (nSPS) is 11.8. The number of carbonyl (C=O) groups is 1. The molecular formula is C15H37FN2O5S. The first kappa shape index (κ1) is 25.8. The van der Waals surface area contributed by atoms with Crippen LogP contribution in [-0.4, -0.2) is 84.6 Å². The minimum absolute atomic E-state index is 0. The molecule has 0 aliphatic heterocycles. The molecule has 0 bridgehead atoms. The summed E-state index contributed by atoms with van der Waals surface area (Å²) in [7, 11) is 0. The van der Waals surface area contributed by atoms with E-state index in [2.05, 4.69) is 17.6 Å². The van der Waals surface area contributed by atoms with Gasteiger partial charge in [0.15, 0.2) is 0 Å². The summed E-state index contributed by atoms with van der Waals surface area (Å²) >= 11 is 0. The van der Waals surface area contributed by atoms with Crippen LogP contribution in [0.5, 0.6) is 0 Å². The maximum atomic E-state index is 13.2. The first-order chi connectivity index (χ1) is 11.2. The van der Waals surface area contributed by atoms with Crippen LogP contribution in [0.25, 0.3) is 0 Å². The van der Waals surface area contributed by atoms with E-state index in [-0.39, 0.29) is 35.4 Å². The van der Waals surface area contributed by atoms with Gasteiger partial charge in [0.25, 0.3) is 0 Å². The summed E-state index contributed by atoms with van der Waals surface area (Å²) in [5, 5.41) is 5.55. The predicted molar refractivity (Wildman–Crippen MR) is 100 cm³/mol. The highest BCUT2D eigenvalue weighted by Crippen LogP contribution is 1.91. The number of hydrogen-bond acceptors (Lipinski definition) is 6. The number of halogens is 1. The van der Waals surface area contributed by atoms with E-state index in [1.807, 2.05) is 0 Å². The zero-order valence-corrected chi connectivity index (χ0v) is 15.8. The lowest BCUT2D eigenvalue weighted by atomic mass is 10.4. The summed E-state index contributed by atoms with van der Waals surface area (Å²) < 4.78 is 34.2. The summed E-state index contributed by atoms with van der Waals surface area (Å²) in [6.07, 6.45) is -1.20. The van der Waals surface area contributed by atoms with Gasteiger partial charge < -0.3 is 29.6 Å². The summed E-state index contributed by atoms with van der Waals surface area (Å²) in [5.74, 6) is -0.251. The third-order valence-electron chi connectivity index (χ3n) is 2.66. The molecule has 0 aromatic rings. The summed E-state index contributed by atoms with van der Waals surface area (Å²) in [4.78, 5) is 10.6. The zero-order chi connectivity index (χ0) is 17.2. The van der Waals surface area contributed by atoms with E-state index in [0.29, 0.717) is 46.2 Å². The van der Waals surface area contributed by atoms with Gasteiger partial charge in [-0.05, 0) is 6.54 Å². The van der Waals surface area contributed by atoms with E-state index in [1.165, 1.54) is 6.92 Å². The van der Waals surface area contributed by atoms with Gasteiger partial charge in [-0.1, -0.05) is 6.92 Å². The van der Waals surface area contributed by atoms with Crippen LogP contribution < -0.4 is 10.6 Å². The van der Waals surface area contributed by atoms with Crippen LogP contribution in [0.2, 0.25) is 0 Å². The Bertz CT molecular complexity index is 288. The number of likely N-dealkylation sites (N-methyl/N-ethyl adjacent to an activating group) is 1. The molecule has 1 unspecified atom stereocenters. The fraction of sp³-hybridized carbons (Fsp3) is 0.933. The van der Waals surface area contributed by atoms with Crippen LogP contribution in [0.15, 0.2) is 0 Å². The molecule has 2 N–H and O–H groups in total. The minimum Gasteiger partial charge on any atom is -0.378 e. The van der Waals surface area contributed by atoms with Crippen molar-refractivity contribution in [3.8, 4) is 0 Å². The van der Waals surface area contributed by atoms with Gasteiger partial charge in [0, 0.05) is 16.3 Å². The fourth-order valence-corrected chi connectivity index (χ4v) is 1.51. The zero-order valence-electron chi connectivity index (χ0n) is 14.8. The van der Waals surface area contributed by atoms with E-state index in [0.717, 1.165) is 13.1 Å². The number of rotatable bonds is 17. The van der Waals surface area contributed by atoms with Crippen LogP contribution in [-0.2, 0) is 23.7 Å². The van der Waals surface area contributed by atoms with E-state index >= 15 is 0 Å². The Labute approximate surface area is 154 Å². The molecule has 0 fully saturated rings. The summed E-state index contributed by atoms with van der Waals surface area (Å²) in [6, 6.07) is 0. The molecule has 0 aromatic heterocycles. The van der Waals surface area contributed by atoms with Gasteiger partial charge in [0.2, 0.25) is 5.91 Å². The number of ether oxygens (including phenoxy) is 4. The Morgan fingerprint density at radius 2 is 1.50 bits per heavy atom. The first-order valence-electron chi connectivity index (χ1n) is 8.07. The van der Waals surface area contributed by atoms with E-state index in [4.69, 9.17) is 18.9 Å². The highest BCUT2D eigenvalue weighted by molar-refractivity contribution is 7.59. The van der Waals surface area contributed by atoms with Crippen molar-refractivity contribution in [2.45, 2.75) is 20.0 Å². The number of hydrogen-bond donors (Lipinski definition) is 2. The maximum Gasteiger partial charge on any atom is 0.216 e. The second kappa shape index (κ2) is 20.6. The molecule has 0 heterocycles. The van der Waals surface area contributed by atoms with Crippen LogP contribution in [0.1, 0.15) is 16.7 Å². The predicted octanol–water partition coefficient (Wildman–Crippen LogP) is 0.741. The van der Waals surface area contributed by atoms with Crippen LogP contribution in [0.4, 0.5) is 4.39 Å². The monoisotopic (exact) mass is 376 g/mol. The SMILES string of the molecule is CCNCCOCCOCCOCCOCC(F)CNC(C)=O.S.[HH].[HH]. The van der Waals surface area contributed by atoms with Crippen molar-refractivity contribution in [1.82, 2.24) is 10.6 Å². The Kier molecular flexibility index (Phi) is 22.1. The van der Waals surface area contributed by atoms with Crippen molar-refractivity contribution in [2.24, 2.45) is 0 Å². The molecule has 150 valence electrons. The molecule has 1 atom stereocenters. The smallest absolute Gasteiger partial charge is 0.216 e. The summed E-state index contributed by atoms with van der Waals surface area (Å²) in [5.41, 5.74) is 0. The molecule has 0 rings (SSSR count). The van der Waals surface area contributed by atoms with Gasteiger partial charge in [-0.2, -0.15) is 13.5 Å². The molecule has 0 aromatic carbocycles. The Morgan fingerprint density at radius 3 is 2.00 bits per heavy atom. The standard InChI is InChI=1S/C15H31FN2O5.H2S.2H2/c1-3-17-4-5-20-6-7-21-8-9-22-10-11-23-13-15(16)12-18-14(2)19;;;/h15,17H,3-13H2,1-2H3,(H,18,19);1H2;2*1H. The van der Waals surface area contributed by atoms with Gasteiger partial charge in [0.1, 0.15) is 6.17 Å². The molecule has 0 aliphatic rings. The average molecular weight is 377 g/mol. The molecule has 1 amide bonds. The van der Waals surface area contributed by atoms with Gasteiger partial charge in [-0.15, -0.1) is 0 Å². The van der Waals surface area contributed by atoms with Crippen molar-refractivity contribution in [1.29, 1.82) is 0 Å². The lowest BCUT2D eigenvalue weighted by Crippen LogP contribution is -2.30. The molecular weight excluding hydrogens is 339 g/mol. The summed E-state index contributed by atoms with van der Waals surface area (Å²) in [6.45, 7) is 8.56. The van der Waals surface area contributed by atoms with E-state index in [9.17, 15) is 9.18 Å². The fourth-order valence-electron chi connectivity index (χ4n) is 1.51. The quantitative estimate of drug-likeness (QED) is 0.365. The third-order valence-corrected chi connectivity index (χ3v) is 2.66. The molecule has 0 saturated heterocycles. The molecule has 0 radical (unpaired) electrons. The number of alkyl halides is 1. The molecule has 9 heteroatoms. The van der Waals surface area contributed by atoms with Crippen molar-refractivity contribution >= 4 is 19.4 Å². The Morgan fingerprint density at radius 1 is 1.00 bits per heavy atom. The maximum absolute atomic E-state index is 13.2. The van der Waals surface area contributed by atoms with Crippen molar-refractivity contribution < 1.29 is 31.0 Å². The molecule has 0 spiro atoms. The van der Waals surface area contributed by atoms with E-state index < -0.39 is 6.17 Å². The second-order valence-electron chi connectivity index (χ2n) is 4.80.